The summed E-state index contributed by atoms with van der Waals surface area (Å²) in [6.07, 6.45) is 8.68. The molecule has 0 bridgehead atoms. The Morgan fingerprint density at radius 3 is 1.70 bits per heavy atom. The highest BCUT2D eigenvalue weighted by molar-refractivity contribution is 5.98. The fourth-order valence-corrected chi connectivity index (χ4v) is 8.28. The molecule has 0 unspecified atom stereocenters. The van der Waals surface area contributed by atoms with Crippen LogP contribution in [0.25, 0.3) is 0 Å². The summed E-state index contributed by atoms with van der Waals surface area (Å²) in [4.78, 5) is 43.9. The van der Waals surface area contributed by atoms with E-state index >= 15 is 0 Å². The topological polar surface area (TPSA) is 127 Å². The zero-order chi connectivity index (χ0) is 38.5. The predicted octanol–water partition coefficient (Wildman–Crippen LogP) is 6.18. The lowest BCUT2D eigenvalue weighted by molar-refractivity contribution is -0.124. The molecule has 3 aliphatic rings. The number of hydrogen-bond donors (Lipinski definition) is 3. The Balaban J connectivity index is 1.02. The van der Waals surface area contributed by atoms with Crippen LogP contribution in [0.4, 0.5) is 0 Å². The van der Waals surface area contributed by atoms with Crippen LogP contribution in [0.5, 0.6) is 0 Å². The van der Waals surface area contributed by atoms with Crippen molar-refractivity contribution in [2.24, 2.45) is 0 Å². The number of piperidine rings is 1. The molecule has 3 fully saturated rings. The second kappa shape index (κ2) is 19.8. The molecule has 4 aromatic rings. The molecule has 3 amide bonds. The van der Waals surface area contributed by atoms with Gasteiger partial charge in [-0.25, -0.2) is 4.68 Å². The molecule has 296 valence electrons. The maximum absolute atomic E-state index is 14.1. The maximum Gasteiger partial charge on any atom is 0.272 e. The summed E-state index contributed by atoms with van der Waals surface area (Å²) in [5, 5.41) is 14.1. The van der Waals surface area contributed by atoms with Crippen molar-refractivity contribution in [1.29, 1.82) is 0 Å². The van der Waals surface area contributed by atoms with E-state index in [1.54, 1.807) is 0 Å². The Hall–Kier alpha value is -4.84. The Morgan fingerprint density at radius 2 is 1.12 bits per heavy atom. The highest BCUT2D eigenvalue weighted by Crippen LogP contribution is 2.25. The van der Waals surface area contributed by atoms with Crippen molar-refractivity contribution in [3.05, 3.63) is 125 Å². The van der Waals surface area contributed by atoms with Gasteiger partial charge in [-0.15, -0.1) is 0 Å². The monoisotopic (exact) mass is 760 g/mol. The first kappa shape index (κ1) is 39.4. The fourth-order valence-electron chi connectivity index (χ4n) is 8.28. The zero-order valence-corrected chi connectivity index (χ0v) is 32.3. The van der Waals surface area contributed by atoms with Gasteiger partial charge in [-0.05, 0) is 55.2 Å². The van der Waals surface area contributed by atoms with Crippen LogP contribution in [0.2, 0.25) is 0 Å². The fraction of sp³-hybridized carbons (Fsp3) is 0.467. The molecule has 2 aliphatic carbocycles. The largest absolute Gasteiger partial charge is 0.371 e. The van der Waals surface area contributed by atoms with Crippen molar-refractivity contribution in [3.63, 3.8) is 0 Å². The maximum atomic E-state index is 14.1. The van der Waals surface area contributed by atoms with Gasteiger partial charge in [0.25, 0.3) is 11.8 Å². The molecule has 1 aliphatic heterocycles. The van der Waals surface area contributed by atoms with Crippen molar-refractivity contribution in [2.75, 3.05) is 13.1 Å². The molecule has 11 nitrogen and oxygen atoms in total. The molecular weight excluding hydrogens is 705 g/mol. The highest BCUT2D eigenvalue weighted by Gasteiger charge is 2.32. The molecule has 0 radical (unpaired) electrons. The number of benzene rings is 3. The summed E-state index contributed by atoms with van der Waals surface area (Å²) >= 11 is 0. The van der Waals surface area contributed by atoms with Gasteiger partial charge in [0.15, 0.2) is 5.69 Å². The lowest BCUT2D eigenvalue weighted by atomic mass is 9.92. The summed E-state index contributed by atoms with van der Waals surface area (Å²) in [6.45, 7) is 3.36. The first-order valence-electron chi connectivity index (χ1n) is 20.5. The lowest BCUT2D eigenvalue weighted by Crippen LogP contribution is -2.48. The molecule has 0 spiro atoms. The van der Waals surface area contributed by atoms with E-state index in [2.05, 4.69) is 50.2 Å². The van der Waals surface area contributed by atoms with Gasteiger partial charge in [0.05, 0.1) is 37.5 Å². The molecule has 4 atom stereocenters. The third-order valence-electron chi connectivity index (χ3n) is 11.4. The van der Waals surface area contributed by atoms with Gasteiger partial charge >= 0.3 is 0 Å². The van der Waals surface area contributed by atoms with Gasteiger partial charge in [-0.3, -0.25) is 19.3 Å². The minimum absolute atomic E-state index is 0.0101. The summed E-state index contributed by atoms with van der Waals surface area (Å²) in [5.41, 5.74) is 3.74. The van der Waals surface area contributed by atoms with Gasteiger partial charge in [0, 0.05) is 31.7 Å². The van der Waals surface area contributed by atoms with E-state index in [9.17, 15) is 14.4 Å². The second-order valence-electron chi connectivity index (χ2n) is 15.6. The molecule has 3 N–H and O–H groups in total. The summed E-state index contributed by atoms with van der Waals surface area (Å²) in [6, 6.07) is 31.6. The van der Waals surface area contributed by atoms with E-state index in [-0.39, 0.29) is 66.0 Å². The minimum atomic E-state index is -0.375. The van der Waals surface area contributed by atoms with Crippen LogP contribution in [-0.4, -0.2) is 75.8 Å². The molecule has 1 aromatic heterocycles. The van der Waals surface area contributed by atoms with Crippen LogP contribution in [0, 0.1) is 0 Å². The Morgan fingerprint density at radius 1 is 0.607 bits per heavy atom. The number of nitrogens with zero attached hydrogens (tertiary/aromatic N) is 3. The lowest BCUT2D eigenvalue weighted by Gasteiger charge is -2.32. The van der Waals surface area contributed by atoms with Crippen LogP contribution >= 0.6 is 0 Å². The average molecular weight is 761 g/mol. The van der Waals surface area contributed by atoms with Crippen molar-refractivity contribution in [1.82, 2.24) is 30.6 Å². The van der Waals surface area contributed by atoms with Gasteiger partial charge < -0.3 is 25.4 Å². The number of ether oxygens (including phenoxy) is 2. The zero-order valence-electron chi connectivity index (χ0n) is 32.3. The molecule has 2 saturated carbocycles. The van der Waals surface area contributed by atoms with Crippen molar-refractivity contribution in [2.45, 2.75) is 121 Å². The van der Waals surface area contributed by atoms with Gasteiger partial charge in [0.2, 0.25) is 5.91 Å². The van der Waals surface area contributed by atoms with Crippen LogP contribution in [0.3, 0.4) is 0 Å². The number of aromatic nitrogens is 2. The van der Waals surface area contributed by atoms with Crippen molar-refractivity contribution >= 4 is 17.7 Å². The summed E-state index contributed by atoms with van der Waals surface area (Å²) in [7, 11) is 0. The van der Waals surface area contributed by atoms with Crippen molar-refractivity contribution in [3.8, 4) is 0 Å². The van der Waals surface area contributed by atoms with E-state index in [0.717, 1.165) is 95.0 Å². The standard InChI is InChI=1S/C45H56N6O5/c52-43(47-37-20-10-12-22-41(37)55-31-34-16-6-2-7-17-34)30-51-40(45(54)48-38-21-11-13-23-42(38)56-32-35-18-8-3-9-19-35)28-39(49-51)44(53)46-36-24-26-50(27-25-36)29-33-14-4-1-5-15-33/h1-9,14-19,28,36-38,41-42H,10-13,20-27,29-32H2,(H,46,53)(H,47,52)(H,48,54)/t37-,38-,41-,42-/m0/s1. The molecule has 56 heavy (non-hydrogen) atoms. The van der Waals surface area contributed by atoms with E-state index < -0.39 is 0 Å². The molecule has 11 heteroatoms. The average Bonchev–Trinajstić information content (AvgIpc) is 3.66. The molecule has 1 saturated heterocycles. The van der Waals surface area contributed by atoms with Crippen LogP contribution in [0.15, 0.2) is 97.1 Å². The van der Waals surface area contributed by atoms with E-state index in [4.69, 9.17) is 9.47 Å². The Kier molecular flexibility index (Phi) is 14.0. The highest BCUT2D eigenvalue weighted by atomic mass is 16.5. The first-order valence-corrected chi connectivity index (χ1v) is 20.5. The van der Waals surface area contributed by atoms with Crippen LogP contribution in [0.1, 0.15) is 102 Å². The smallest absolute Gasteiger partial charge is 0.272 e. The van der Waals surface area contributed by atoms with Gasteiger partial charge in [0.1, 0.15) is 12.2 Å². The number of amides is 3. The normalized spacial score (nSPS) is 21.9. The Bertz CT molecular complexity index is 1850. The number of rotatable bonds is 15. The van der Waals surface area contributed by atoms with E-state index in [1.165, 1.54) is 16.3 Å². The second-order valence-corrected chi connectivity index (χ2v) is 15.6. The number of hydrogen-bond acceptors (Lipinski definition) is 7. The molecule has 3 aromatic carbocycles. The summed E-state index contributed by atoms with van der Waals surface area (Å²) < 4.78 is 14.0. The van der Waals surface area contributed by atoms with Gasteiger partial charge in [-0.2, -0.15) is 5.10 Å². The number of likely N-dealkylation sites (tertiary alicyclic amines) is 1. The first-order chi connectivity index (χ1) is 27.5. The quantitative estimate of drug-likeness (QED) is 0.132. The molecule has 7 rings (SSSR count). The van der Waals surface area contributed by atoms with E-state index in [0.29, 0.717) is 13.2 Å². The van der Waals surface area contributed by atoms with Crippen molar-refractivity contribution < 1.29 is 23.9 Å². The van der Waals surface area contributed by atoms with Crippen LogP contribution < -0.4 is 16.0 Å². The minimum Gasteiger partial charge on any atom is -0.371 e. The predicted molar refractivity (Wildman–Crippen MR) is 215 cm³/mol. The number of carbonyl (C=O) groups is 3. The molecular formula is C45H56N6O5. The third kappa shape index (κ3) is 11.1. The number of nitrogens with one attached hydrogen (secondary N) is 3. The van der Waals surface area contributed by atoms with E-state index in [1.807, 2.05) is 66.7 Å². The van der Waals surface area contributed by atoms with Crippen LogP contribution in [-0.2, 0) is 40.6 Å². The third-order valence-corrected chi connectivity index (χ3v) is 11.4. The number of carbonyl (C=O) groups excluding carboxylic acids is 3. The SMILES string of the molecule is O=C(Cn1nc(C(=O)NC2CCN(Cc3ccccc3)CC2)cc1C(=O)N[C@H]1CCCC[C@@H]1OCc1ccccc1)N[C@H]1CCCC[C@@H]1OCc1ccccc1. The van der Waals surface area contributed by atoms with Gasteiger partial charge in [-0.1, -0.05) is 117 Å². The summed E-state index contributed by atoms with van der Waals surface area (Å²) in [5.74, 6) is -0.995. The molecule has 2 heterocycles. The Labute approximate surface area is 330 Å².